The molecule has 0 N–H and O–H groups in total. The molecule has 0 bridgehead atoms. The monoisotopic (exact) mass is 308 g/mol. The van der Waals surface area contributed by atoms with Crippen molar-refractivity contribution >= 4 is 17.3 Å². The second kappa shape index (κ2) is 6.62. The summed E-state index contributed by atoms with van der Waals surface area (Å²) in [6.45, 7) is 2.51. The number of amides is 1. The molecule has 120 valence electrons. The van der Waals surface area contributed by atoms with Crippen molar-refractivity contribution < 1.29 is 18.7 Å². The Morgan fingerprint density at radius 2 is 2.27 bits per heavy atom. The number of fused-ring (bicyclic) bond motifs is 1. The highest BCUT2D eigenvalue weighted by Gasteiger charge is 2.26. The maximum Gasteiger partial charge on any atom is 0.253 e. The summed E-state index contributed by atoms with van der Waals surface area (Å²) in [4.78, 5) is 16.0. The van der Waals surface area contributed by atoms with Crippen LogP contribution >= 0.6 is 0 Å². The van der Waals surface area contributed by atoms with Gasteiger partial charge >= 0.3 is 0 Å². The fourth-order valence-corrected chi connectivity index (χ4v) is 2.91. The lowest BCUT2D eigenvalue weighted by Crippen LogP contribution is -2.44. The Kier molecular flexibility index (Phi) is 4.59. The van der Waals surface area contributed by atoms with E-state index < -0.39 is 0 Å². The number of carbonyl (C=O) groups excluding carboxylic acids is 1. The third-order valence-electron chi connectivity index (χ3n) is 4.15. The van der Waals surface area contributed by atoms with Crippen molar-refractivity contribution in [1.82, 2.24) is 0 Å². The molecule has 0 spiro atoms. The molecule has 5 nitrogen and oxygen atoms in total. The van der Waals surface area contributed by atoms with Crippen LogP contribution in [0, 0.1) is 5.82 Å². The normalized spacial score (nSPS) is 21.1. The topological polar surface area (TPSA) is 42.0 Å². The molecule has 0 radical (unpaired) electrons. The first-order chi connectivity index (χ1) is 10.6. The number of benzene rings is 1. The van der Waals surface area contributed by atoms with E-state index in [1.54, 1.807) is 11.0 Å². The molecule has 1 fully saturated rings. The van der Waals surface area contributed by atoms with E-state index in [9.17, 15) is 9.18 Å². The van der Waals surface area contributed by atoms with Crippen LogP contribution in [-0.4, -0.2) is 52.0 Å². The van der Waals surface area contributed by atoms with Gasteiger partial charge in [-0.15, -0.1) is 0 Å². The molecule has 6 heteroatoms. The van der Waals surface area contributed by atoms with Gasteiger partial charge in [-0.25, -0.2) is 4.39 Å². The molecule has 1 saturated heterocycles. The van der Waals surface area contributed by atoms with Crippen molar-refractivity contribution in [3.8, 4) is 0 Å². The van der Waals surface area contributed by atoms with Crippen molar-refractivity contribution in [2.45, 2.75) is 18.9 Å². The molecule has 2 aliphatic rings. The number of anilines is 2. The molecule has 2 aliphatic heterocycles. The summed E-state index contributed by atoms with van der Waals surface area (Å²) in [7, 11) is 1.90. The summed E-state index contributed by atoms with van der Waals surface area (Å²) < 4.78 is 24.4. The molecule has 2 heterocycles. The van der Waals surface area contributed by atoms with E-state index in [1.807, 2.05) is 11.9 Å². The maximum absolute atomic E-state index is 13.4. The number of hydrogen-bond donors (Lipinski definition) is 0. The molecular formula is C16H21FN2O3. The van der Waals surface area contributed by atoms with Crippen LogP contribution in [0.4, 0.5) is 15.8 Å². The van der Waals surface area contributed by atoms with Gasteiger partial charge in [-0.05, 0) is 31.0 Å². The Bertz CT molecular complexity index is 546. The number of hydrogen-bond acceptors (Lipinski definition) is 4. The summed E-state index contributed by atoms with van der Waals surface area (Å²) in [5.74, 6) is -0.395. The van der Waals surface area contributed by atoms with Gasteiger partial charge < -0.3 is 19.3 Å². The maximum atomic E-state index is 13.4. The number of rotatable bonds is 4. The Morgan fingerprint density at radius 1 is 1.41 bits per heavy atom. The van der Waals surface area contributed by atoms with E-state index in [-0.39, 0.29) is 24.4 Å². The number of carbonyl (C=O) groups is 1. The second-order valence-corrected chi connectivity index (χ2v) is 5.75. The lowest BCUT2D eigenvalue weighted by Gasteiger charge is -2.35. The van der Waals surface area contributed by atoms with Gasteiger partial charge in [0.05, 0.1) is 24.1 Å². The average Bonchev–Trinajstić information content (AvgIpc) is 3.01. The molecule has 0 aromatic heterocycles. The zero-order valence-electron chi connectivity index (χ0n) is 12.8. The molecular weight excluding hydrogens is 287 g/mol. The average molecular weight is 308 g/mol. The van der Waals surface area contributed by atoms with Crippen molar-refractivity contribution in [3.63, 3.8) is 0 Å². The Morgan fingerprint density at radius 3 is 3.05 bits per heavy atom. The molecule has 1 aromatic carbocycles. The largest absolute Gasteiger partial charge is 0.376 e. The predicted molar refractivity (Wildman–Crippen MR) is 81.8 cm³/mol. The van der Waals surface area contributed by atoms with Crippen LogP contribution in [0.3, 0.4) is 0 Å². The van der Waals surface area contributed by atoms with Gasteiger partial charge in [0.25, 0.3) is 5.91 Å². The Hall–Kier alpha value is -1.66. The minimum atomic E-state index is -0.297. The van der Waals surface area contributed by atoms with E-state index in [0.717, 1.165) is 30.8 Å². The third-order valence-corrected chi connectivity index (χ3v) is 4.15. The second-order valence-electron chi connectivity index (χ2n) is 5.75. The van der Waals surface area contributed by atoms with Crippen LogP contribution in [0.5, 0.6) is 0 Å². The minimum absolute atomic E-state index is 0.0282. The summed E-state index contributed by atoms with van der Waals surface area (Å²) in [6.07, 6.45) is 2.16. The van der Waals surface area contributed by atoms with Crippen molar-refractivity contribution in [3.05, 3.63) is 24.0 Å². The molecule has 0 unspecified atom stereocenters. The van der Waals surface area contributed by atoms with Crippen LogP contribution in [0.1, 0.15) is 12.8 Å². The van der Waals surface area contributed by atoms with Crippen molar-refractivity contribution in [1.29, 1.82) is 0 Å². The fourth-order valence-electron chi connectivity index (χ4n) is 2.91. The summed E-state index contributed by atoms with van der Waals surface area (Å²) >= 11 is 0. The highest BCUT2D eigenvalue weighted by Crippen LogP contribution is 2.32. The minimum Gasteiger partial charge on any atom is -0.376 e. The first-order valence-corrected chi connectivity index (χ1v) is 7.65. The standard InChI is InChI=1S/C16H21FN2O3/c1-18-6-7-19(14-5-4-12(17)9-15(14)18)16(20)11-21-10-13-3-2-8-22-13/h4-5,9,13H,2-3,6-8,10-11H2,1H3/t13-/m1/s1. The SMILES string of the molecule is CN1CCN(C(=O)COC[C@H]2CCCO2)c2ccc(F)cc21. The first-order valence-electron chi connectivity index (χ1n) is 7.65. The Balaban J connectivity index is 1.62. The summed E-state index contributed by atoms with van der Waals surface area (Å²) in [5, 5.41) is 0. The van der Waals surface area contributed by atoms with Gasteiger partial charge in [0.1, 0.15) is 12.4 Å². The van der Waals surface area contributed by atoms with Crippen LogP contribution in [0.2, 0.25) is 0 Å². The van der Waals surface area contributed by atoms with Gasteiger partial charge in [-0.1, -0.05) is 0 Å². The number of likely N-dealkylation sites (N-methyl/N-ethyl adjacent to an activating group) is 1. The molecule has 1 amide bonds. The smallest absolute Gasteiger partial charge is 0.253 e. The van der Waals surface area contributed by atoms with Crippen LogP contribution in [0.25, 0.3) is 0 Å². The summed E-state index contributed by atoms with van der Waals surface area (Å²) in [5.41, 5.74) is 1.47. The number of nitrogens with zero attached hydrogens (tertiary/aromatic N) is 2. The van der Waals surface area contributed by atoms with Crippen LogP contribution in [0.15, 0.2) is 18.2 Å². The van der Waals surface area contributed by atoms with Gasteiger partial charge in [0.15, 0.2) is 0 Å². The summed E-state index contributed by atoms with van der Waals surface area (Å²) in [6, 6.07) is 4.49. The van der Waals surface area contributed by atoms with Crippen LogP contribution in [-0.2, 0) is 14.3 Å². The van der Waals surface area contributed by atoms with E-state index >= 15 is 0 Å². The predicted octanol–water partition coefficient (Wildman–Crippen LogP) is 1.80. The molecule has 22 heavy (non-hydrogen) atoms. The third kappa shape index (κ3) is 3.23. The molecule has 3 rings (SSSR count). The molecule has 1 atom stereocenters. The molecule has 0 saturated carbocycles. The zero-order chi connectivity index (χ0) is 15.5. The van der Waals surface area contributed by atoms with Crippen molar-refractivity contribution in [2.75, 3.05) is 49.8 Å². The van der Waals surface area contributed by atoms with E-state index in [1.165, 1.54) is 12.1 Å². The zero-order valence-corrected chi connectivity index (χ0v) is 12.8. The molecule has 1 aromatic rings. The van der Waals surface area contributed by atoms with Gasteiger partial charge in [0.2, 0.25) is 0 Å². The fraction of sp³-hybridized carbons (Fsp3) is 0.562. The van der Waals surface area contributed by atoms with E-state index in [2.05, 4.69) is 0 Å². The highest BCUT2D eigenvalue weighted by molar-refractivity contribution is 5.98. The van der Waals surface area contributed by atoms with E-state index in [0.29, 0.717) is 19.7 Å². The van der Waals surface area contributed by atoms with Crippen LogP contribution < -0.4 is 9.80 Å². The van der Waals surface area contributed by atoms with Gasteiger partial charge in [-0.3, -0.25) is 4.79 Å². The number of ether oxygens (including phenoxy) is 2. The first kappa shape index (κ1) is 15.2. The lowest BCUT2D eigenvalue weighted by atomic mass is 10.1. The lowest BCUT2D eigenvalue weighted by molar-refractivity contribution is -0.124. The van der Waals surface area contributed by atoms with E-state index in [4.69, 9.17) is 9.47 Å². The Labute approximate surface area is 129 Å². The number of halogens is 1. The molecule has 0 aliphatic carbocycles. The van der Waals surface area contributed by atoms with Gasteiger partial charge in [-0.2, -0.15) is 0 Å². The highest BCUT2D eigenvalue weighted by atomic mass is 19.1. The quantitative estimate of drug-likeness (QED) is 0.851. The van der Waals surface area contributed by atoms with Crippen molar-refractivity contribution in [2.24, 2.45) is 0 Å². The van der Waals surface area contributed by atoms with Gasteiger partial charge in [0, 0.05) is 26.7 Å².